The molecule has 1 saturated heterocycles. The Hall–Kier alpha value is -0.630. The van der Waals surface area contributed by atoms with Crippen molar-refractivity contribution in [2.24, 2.45) is 0 Å². The van der Waals surface area contributed by atoms with Crippen LogP contribution in [-0.2, 0) is 0 Å². The summed E-state index contributed by atoms with van der Waals surface area (Å²) in [4.78, 5) is 5.03. The number of hydrogen-bond acceptors (Lipinski definition) is 4. The van der Waals surface area contributed by atoms with Crippen molar-refractivity contribution in [3.05, 3.63) is 0 Å². The topological polar surface area (TPSA) is 42.3 Å². The lowest BCUT2D eigenvalue weighted by molar-refractivity contribution is 0.134. The van der Waals surface area contributed by atoms with Crippen LogP contribution in [0.5, 0.6) is 0 Å². The van der Waals surface area contributed by atoms with Crippen LogP contribution in [0.1, 0.15) is 40.0 Å². The van der Waals surface area contributed by atoms with Crippen LogP contribution in [0.2, 0.25) is 0 Å². The van der Waals surface area contributed by atoms with Gasteiger partial charge in [-0.15, -0.1) is 0 Å². The monoisotopic (exact) mass is 266 g/mol. The molecule has 110 valence electrons. The smallest absolute Gasteiger partial charge is 0.103 e. The summed E-state index contributed by atoms with van der Waals surface area (Å²) in [5.74, 6) is 0. The first-order valence-corrected chi connectivity index (χ1v) is 7.74. The molecule has 0 aromatic rings. The quantitative estimate of drug-likeness (QED) is 0.726. The second-order valence-electron chi connectivity index (χ2n) is 5.75. The first kappa shape index (κ1) is 16.4. The Morgan fingerprint density at radius 2 is 1.79 bits per heavy atom. The molecule has 1 aliphatic rings. The molecule has 4 nitrogen and oxygen atoms in total. The molecular formula is C15H30N4. The van der Waals surface area contributed by atoms with Crippen LogP contribution >= 0.6 is 0 Å². The van der Waals surface area contributed by atoms with Gasteiger partial charge in [-0.25, -0.2) is 0 Å². The van der Waals surface area contributed by atoms with Crippen LogP contribution in [0.3, 0.4) is 0 Å². The predicted octanol–water partition coefficient (Wildman–Crippen LogP) is 1.69. The van der Waals surface area contributed by atoms with Crippen molar-refractivity contribution in [3.63, 3.8) is 0 Å². The zero-order chi connectivity index (χ0) is 14.1. The van der Waals surface area contributed by atoms with Gasteiger partial charge in [0, 0.05) is 26.2 Å². The van der Waals surface area contributed by atoms with E-state index < -0.39 is 0 Å². The summed E-state index contributed by atoms with van der Waals surface area (Å²) in [5.41, 5.74) is -0.346. The Kier molecular flexibility index (Phi) is 7.37. The fourth-order valence-electron chi connectivity index (χ4n) is 2.57. The maximum absolute atomic E-state index is 9.28. The van der Waals surface area contributed by atoms with Crippen molar-refractivity contribution >= 4 is 0 Å². The van der Waals surface area contributed by atoms with E-state index in [2.05, 4.69) is 35.0 Å². The molecule has 1 aliphatic heterocycles. The van der Waals surface area contributed by atoms with E-state index in [1.54, 1.807) is 0 Å². The average molecular weight is 266 g/mol. The van der Waals surface area contributed by atoms with Gasteiger partial charge in [0.2, 0.25) is 0 Å². The third kappa shape index (κ3) is 5.90. The summed E-state index contributed by atoms with van der Waals surface area (Å²) >= 11 is 0. The minimum Gasteiger partial charge on any atom is -0.301 e. The van der Waals surface area contributed by atoms with Crippen LogP contribution in [0, 0.1) is 11.3 Å². The highest BCUT2D eigenvalue weighted by Crippen LogP contribution is 2.12. The molecule has 0 amide bonds. The largest absolute Gasteiger partial charge is 0.301 e. The Morgan fingerprint density at radius 1 is 1.16 bits per heavy atom. The van der Waals surface area contributed by atoms with Gasteiger partial charge < -0.3 is 9.80 Å². The molecule has 4 heteroatoms. The van der Waals surface area contributed by atoms with E-state index in [9.17, 15) is 5.26 Å². The molecule has 0 aliphatic carbocycles. The molecule has 0 saturated carbocycles. The normalized spacial score (nSPS) is 20.9. The molecule has 1 rings (SSSR count). The van der Waals surface area contributed by atoms with Crippen molar-refractivity contribution < 1.29 is 0 Å². The third-order valence-corrected chi connectivity index (χ3v) is 4.08. The van der Waals surface area contributed by atoms with Crippen molar-refractivity contribution in [2.75, 3.05) is 45.8 Å². The van der Waals surface area contributed by atoms with Gasteiger partial charge in [0.25, 0.3) is 0 Å². The summed E-state index contributed by atoms with van der Waals surface area (Å²) in [6.45, 7) is 14.4. The second-order valence-corrected chi connectivity index (χ2v) is 5.75. The highest BCUT2D eigenvalue weighted by molar-refractivity contribution is 5.03. The van der Waals surface area contributed by atoms with Crippen molar-refractivity contribution in [2.45, 2.75) is 45.6 Å². The van der Waals surface area contributed by atoms with Crippen molar-refractivity contribution in [3.8, 4) is 6.07 Å². The molecule has 1 atom stereocenters. The third-order valence-electron chi connectivity index (χ3n) is 4.08. The van der Waals surface area contributed by atoms with E-state index in [-0.39, 0.29) is 5.54 Å². The van der Waals surface area contributed by atoms with Crippen LogP contribution < -0.4 is 5.32 Å². The Bertz CT molecular complexity index is 278. The van der Waals surface area contributed by atoms with E-state index in [1.807, 2.05) is 6.92 Å². The van der Waals surface area contributed by atoms with E-state index in [4.69, 9.17) is 0 Å². The minimum atomic E-state index is -0.346. The lowest BCUT2D eigenvalue weighted by atomic mass is 9.97. The number of hydrogen-bond donors (Lipinski definition) is 1. The second kappa shape index (κ2) is 8.52. The fraction of sp³-hybridized carbons (Fsp3) is 0.933. The fourth-order valence-corrected chi connectivity index (χ4v) is 2.57. The first-order chi connectivity index (χ1) is 9.13. The van der Waals surface area contributed by atoms with E-state index in [0.717, 1.165) is 32.4 Å². The standard InChI is InChI=1S/C15H30N4/c1-4-8-17-15(3,14-16)7-6-9-19-12-10-18(5-2)11-13-19/h17H,4-13H2,1-3H3. The predicted molar refractivity (Wildman–Crippen MR) is 80.1 cm³/mol. The van der Waals surface area contributed by atoms with Gasteiger partial charge in [-0.05, 0) is 45.8 Å². The molecular weight excluding hydrogens is 236 g/mol. The summed E-state index contributed by atoms with van der Waals surface area (Å²) < 4.78 is 0. The number of likely N-dealkylation sites (N-methyl/N-ethyl adjacent to an activating group) is 1. The summed E-state index contributed by atoms with van der Waals surface area (Å²) in [5, 5.41) is 12.6. The Labute approximate surface area is 118 Å². The lowest BCUT2D eigenvalue weighted by Gasteiger charge is -2.34. The maximum Gasteiger partial charge on any atom is 0.103 e. The van der Waals surface area contributed by atoms with Gasteiger partial charge >= 0.3 is 0 Å². The first-order valence-electron chi connectivity index (χ1n) is 7.74. The van der Waals surface area contributed by atoms with Crippen LogP contribution in [-0.4, -0.2) is 61.2 Å². The van der Waals surface area contributed by atoms with Gasteiger partial charge in [0.1, 0.15) is 5.54 Å². The molecule has 19 heavy (non-hydrogen) atoms. The van der Waals surface area contributed by atoms with E-state index >= 15 is 0 Å². The Balaban J connectivity index is 2.20. The number of rotatable bonds is 8. The zero-order valence-electron chi connectivity index (χ0n) is 12.9. The number of piperazine rings is 1. The molecule has 0 aromatic heterocycles. The van der Waals surface area contributed by atoms with Gasteiger partial charge in [-0.3, -0.25) is 5.32 Å². The van der Waals surface area contributed by atoms with Gasteiger partial charge in [0.15, 0.2) is 0 Å². The van der Waals surface area contributed by atoms with Crippen LogP contribution in [0.25, 0.3) is 0 Å². The molecule has 0 aromatic carbocycles. The highest BCUT2D eigenvalue weighted by Gasteiger charge is 2.23. The highest BCUT2D eigenvalue weighted by atomic mass is 15.3. The van der Waals surface area contributed by atoms with E-state index in [0.29, 0.717) is 0 Å². The molecule has 0 spiro atoms. The number of nitrogens with one attached hydrogen (secondary N) is 1. The summed E-state index contributed by atoms with van der Waals surface area (Å²) in [7, 11) is 0. The molecule has 1 N–H and O–H groups in total. The van der Waals surface area contributed by atoms with Crippen molar-refractivity contribution in [1.29, 1.82) is 5.26 Å². The molecule has 0 bridgehead atoms. The van der Waals surface area contributed by atoms with Gasteiger partial charge in [-0.2, -0.15) is 5.26 Å². The minimum absolute atomic E-state index is 0.346. The van der Waals surface area contributed by atoms with Crippen LogP contribution in [0.15, 0.2) is 0 Å². The summed E-state index contributed by atoms with van der Waals surface area (Å²) in [6.07, 6.45) is 3.13. The zero-order valence-corrected chi connectivity index (χ0v) is 12.9. The molecule has 1 unspecified atom stereocenters. The molecule has 0 radical (unpaired) electrons. The van der Waals surface area contributed by atoms with Crippen molar-refractivity contribution in [1.82, 2.24) is 15.1 Å². The van der Waals surface area contributed by atoms with E-state index in [1.165, 1.54) is 32.7 Å². The van der Waals surface area contributed by atoms with Gasteiger partial charge in [0.05, 0.1) is 6.07 Å². The Morgan fingerprint density at radius 3 is 2.32 bits per heavy atom. The summed E-state index contributed by atoms with van der Waals surface area (Å²) in [6, 6.07) is 2.43. The van der Waals surface area contributed by atoms with Gasteiger partial charge in [-0.1, -0.05) is 13.8 Å². The van der Waals surface area contributed by atoms with Crippen LogP contribution in [0.4, 0.5) is 0 Å². The lowest BCUT2D eigenvalue weighted by Crippen LogP contribution is -2.47. The SMILES string of the molecule is CCCNC(C)(C#N)CCCN1CCN(CC)CC1. The maximum atomic E-state index is 9.28. The molecule has 1 fully saturated rings. The average Bonchev–Trinajstić information content (AvgIpc) is 2.46. The number of nitrogens with zero attached hydrogens (tertiary/aromatic N) is 3. The number of nitriles is 1. The molecule has 1 heterocycles.